The first-order valence-electron chi connectivity index (χ1n) is 5.96. The van der Waals surface area contributed by atoms with Crippen LogP contribution < -0.4 is 0 Å². The summed E-state index contributed by atoms with van der Waals surface area (Å²) in [6, 6.07) is 0. The van der Waals surface area contributed by atoms with Crippen molar-refractivity contribution < 1.29 is 4.74 Å². The molecule has 0 N–H and O–H groups in total. The zero-order valence-corrected chi connectivity index (χ0v) is 11.4. The van der Waals surface area contributed by atoms with Gasteiger partial charge in [0.1, 0.15) is 6.23 Å². The third-order valence-electron chi connectivity index (χ3n) is 2.93. The Balaban J connectivity index is 1.82. The number of rotatable bonds is 2. The molecular formula is C12H13BrN4O. The topological polar surface area (TPSA) is 52.8 Å². The van der Waals surface area contributed by atoms with Gasteiger partial charge in [-0.05, 0) is 35.2 Å². The largest absolute Gasteiger partial charge is 0.357 e. The summed E-state index contributed by atoms with van der Waals surface area (Å²) in [4.78, 5) is 8.51. The molecule has 18 heavy (non-hydrogen) atoms. The van der Waals surface area contributed by atoms with Gasteiger partial charge in [-0.2, -0.15) is 5.10 Å². The number of aromatic nitrogens is 4. The van der Waals surface area contributed by atoms with Gasteiger partial charge in [-0.25, -0.2) is 14.6 Å². The summed E-state index contributed by atoms with van der Waals surface area (Å²) in [7, 11) is 0. The maximum Gasteiger partial charge on any atom is 0.162 e. The molecule has 1 unspecified atom stereocenters. The lowest BCUT2D eigenvalue weighted by Gasteiger charge is -2.22. The predicted octanol–water partition coefficient (Wildman–Crippen LogP) is 2.80. The van der Waals surface area contributed by atoms with Crippen molar-refractivity contribution in [1.82, 2.24) is 19.7 Å². The van der Waals surface area contributed by atoms with Crippen LogP contribution in [0.1, 0.15) is 25.5 Å². The van der Waals surface area contributed by atoms with Gasteiger partial charge in [0, 0.05) is 25.2 Å². The van der Waals surface area contributed by atoms with Gasteiger partial charge in [-0.3, -0.25) is 0 Å². The van der Waals surface area contributed by atoms with Crippen molar-refractivity contribution >= 4 is 15.9 Å². The lowest BCUT2D eigenvalue weighted by atomic mass is 10.2. The van der Waals surface area contributed by atoms with Gasteiger partial charge in [0.05, 0.1) is 16.2 Å². The van der Waals surface area contributed by atoms with Gasteiger partial charge in [0.2, 0.25) is 0 Å². The monoisotopic (exact) mass is 308 g/mol. The first-order chi connectivity index (χ1) is 8.83. The highest BCUT2D eigenvalue weighted by atomic mass is 79.9. The van der Waals surface area contributed by atoms with E-state index in [1.54, 1.807) is 18.6 Å². The Kier molecular flexibility index (Phi) is 3.38. The fraction of sp³-hybridized carbons (Fsp3) is 0.417. The van der Waals surface area contributed by atoms with E-state index < -0.39 is 0 Å². The summed E-state index contributed by atoms with van der Waals surface area (Å²) in [5, 5.41) is 4.34. The molecule has 2 aromatic heterocycles. The number of hydrogen-bond acceptors (Lipinski definition) is 4. The number of nitrogens with zero attached hydrogens (tertiary/aromatic N) is 4. The Morgan fingerprint density at radius 2 is 2.06 bits per heavy atom. The zero-order valence-electron chi connectivity index (χ0n) is 9.79. The summed E-state index contributed by atoms with van der Waals surface area (Å²) in [6.07, 6.45) is 10.6. The van der Waals surface area contributed by atoms with E-state index in [1.807, 2.05) is 10.9 Å². The van der Waals surface area contributed by atoms with Gasteiger partial charge < -0.3 is 4.74 Å². The first-order valence-corrected chi connectivity index (χ1v) is 6.76. The number of halogens is 1. The molecule has 0 aliphatic carbocycles. The quantitative estimate of drug-likeness (QED) is 0.856. The molecule has 2 aromatic rings. The molecule has 1 atom stereocenters. The molecule has 0 bridgehead atoms. The van der Waals surface area contributed by atoms with E-state index in [1.165, 1.54) is 6.42 Å². The lowest BCUT2D eigenvalue weighted by Crippen LogP contribution is -2.18. The third-order valence-corrected chi connectivity index (χ3v) is 3.34. The zero-order chi connectivity index (χ0) is 12.4. The Hall–Kier alpha value is -1.27. The van der Waals surface area contributed by atoms with Crippen molar-refractivity contribution in [1.29, 1.82) is 0 Å². The molecule has 1 aliphatic rings. The van der Waals surface area contributed by atoms with Crippen LogP contribution >= 0.6 is 15.9 Å². The Labute approximate surface area is 113 Å². The van der Waals surface area contributed by atoms with Crippen LogP contribution in [-0.4, -0.2) is 26.4 Å². The molecule has 94 valence electrons. The smallest absolute Gasteiger partial charge is 0.162 e. The second-order valence-corrected chi connectivity index (χ2v) is 5.17. The third kappa shape index (κ3) is 2.44. The molecule has 6 heteroatoms. The highest BCUT2D eigenvalue weighted by molar-refractivity contribution is 9.10. The van der Waals surface area contributed by atoms with Crippen molar-refractivity contribution in [3.63, 3.8) is 0 Å². The molecule has 1 fully saturated rings. The predicted molar refractivity (Wildman–Crippen MR) is 69.8 cm³/mol. The molecule has 0 radical (unpaired) electrons. The second-order valence-electron chi connectivity index (χ2n) is 4.26. The van der Waals surface area contributed by atoms with E-state index in [0.717, 1.165) is 29.5 Å². The molecular weight excluding hydrogens is 296 g/mol. The van der Waals surface area contributed by atoms with Crippen LogP contribution in [0.3, 0.4) is 0 Å². The Bertz CT molecular complexity index is 519. The molecule has 1 saturated heterocycles. The van der Waals surface area contributed by atoms with Gasteiger partial charge in [0.15, 0.2) is 5.82 Å². The van der Waals surface area contributed by atoms with Crippen molar-refractivity contribution in [2.24, 2.45) is 0 Å². The van der Waals surface area contributed by atoms with Gasteiger partial charge >= 0.3 is 0 Å². The summed E-state index contributed by atoms with van der Waals surface area (Å²) in [6.45, 7) is 0.814. The normalized spacial score (nSPS) is 19.9. The minimum Gasteiger partial charge on any atom is -0.357 e. The van der Waals surface area contributed by atoms with E-state index >= 15 is 0 Å². The fourth-order valence-electron chi connectivity index (χ4n) is 2.00. The van der Waals surface area contributed by atoms with Crippen LogP contribution in [0.5, 0.6) is 0 Å². The standard InChI is InChI=1S/C12H13BrN4O/c13-10-6-14-12(15-7-10)9-5-16-17(8-9)11-3-1-2-4-18-11/h5-8,11H,1-4H2. The average molecular weight is 309 g/mol. The molecule has 0 saturated carbocycles. The van der Waals surface area contributed by atoms with Gasteiger partial charge in [0.25, 0.3) is 0 Å². The molecule has 3 heterocycles. The van der Waals surface area contributed by atoms with E-state index in [4.69, 9.17) is 4.74 Å². The maximum atomic E-state index is 5.68. The van der Waals surface area contributed by atoms with E-state index in [0.29, 0.717) is 5.82 Å². The van der Waals surface area contributed by atoms with Crippen LogP contribution in [0.15, 0.2) is 29.3 Å². The van der Waals surface area contributed by atoms with Gasteiger partial charge in [-0.1, -0.05) is 0 Å². The van der Waals surface area contributed by atoms with Crippen LogP contribution in [0, 0.1) is 0 Å². The molecule has 0 spiro atoms. The number of ether oxygens (including phenoxy) is 1. The summed E-state index contributed by atoms with van der Waals surface area (Å²) < 4.78 is 8.42. The first kappa shape index (κ1) is 11.8. The minimum absolute atomic E-state index is 0.0583. The van der Waals surface area contributed by atoms with Crippen LogP contribution in [0.2, 0.25) is 0 Å². The molecule has 0 aromatic carbocycles. The SMILES string of the molecule is Brc1cnc(-c2cnn(C3CCCCO3)c2)nc1. The maximum absolute atomic E-state index is 5.68. The van der Waals surface area contributed by atoms with Crippen molar-refractivity contribution in [2.45, 2.75) is 25.5 Å². The molecule has 0 amide bonds. The fourth-order valence-corrected chi connectivity index (χ4v) is 2.21. The van der Waals surface area contributed by atoms with E-state index in [-0.39, 0.29) is 6.23 Å². The van der Waals surface area contributed by atoms with Crippen molar-refractivity contribution in [3.05, 3.63) is 29.3 Å². The van der Waals surface area contributed by atoms with Crippen LogP contribution in [0.25, 0.3) is 11.4 Å². The average Bonchev–Trinajstić information content (AvgIpc) is 2.90. The highest BCUT2D eigenvalue weighted by Gasteiger charge is 2.17. The molecule has 5 nitrogen and oxygen atoms in total. The second kappa shape index (κ2) is 5.16. The number of hydrogen-bond donors (Lipinski definition) is 0. The molecule has 1 aliphatic heterocycles. The van der Waals surface area contributed by atoms with E-state index in [9.17, 15) is 0 Å². The van der Waals surface area contributed by atoms with Crippen LogP contribution in [0.4, 0.5) is 0 Å². The highest BCUT2D eigenvalue weighted by Crippen LogP contribution is 2.24. The Morgan fingerprint density at radius 3 is 2.78 bits per heavy atom. The van der Waals surface area contributed by atoms with Crippen molar-refractivity contribution in [2.75, 3.05) is 6.61 Å². The lowest BCUT2D eigenvalue weighted by molar-refractivity contribution is -0.0394. The van der Waals surface area contributed by atoms with Crippen LogP contribution in [-0.2, 0) is 4.74 Å². The molecule has 3 rings (SSSR count). The van der Waals surface area contributed by atoms with Gasteiger partial charge in [-0.15, -0.1) is 0 Å². The summed E-state index contributed by atoms with van der Waals surface area (Å²) in [5.74, 6) is 0.681. The summed E-state index contributed by atoms with van der Waals surface area (Å²) in [5.41, 5.74) is 0.914. The minimum atomic E-state index is 0.0583. The Morgan fingerprint density at radius 1 is 1.22 bits per heavy atom. The van der Waals surface area contributed by atoms with E-state index in [2.05, 4.69) is 31.0 Å². The van der Waals surface area contributed by atoms with Crippen molar-refractivity contribution in [3.8, 4) is 11.4 Å². The summed E-state index contributed by atoms with van der Waals surface area (Å²) >= 11 is 3.32.